The van der Waals surface area contributed by atoms with E-state index >= 15 is 0 Å². The van der Waals surface area contributed by atoms with E-state index in [2.05, 4.69) is 6.58 Å². The Labute approximate surface area is 249 Å². The molecule has 0 radical (unpaired) electrons. The van der Waals surface area contributed by atoms with Gasteiger partial charge in [-0.05, 0) is 0 Å². The Morgan fingerprint density at radius 1 is 0.400 bits per heavy atom. The van der Waals surface area contributed by atoms with Gasteiger partial charge in [-0.2, -0.15) is 0 Å². The van der Waals surface area contributed by atoms with Crippen molar-refractivity contribution in [3.8, 4) is 0 Å². The first-order chi connectivity index (χ1) is 19.6. The van der Waals surface area contributed by atoms with Gasteiger partial charge in [0.15, 0.2) is 0 Å². The van der Waals surface area contributed by atoms with Gasteiger partial charge in [0.25, 0.3) is 0 Å². The molecule has 0 atom stereocenters. The van der Waals surface area contributed by atoms with Crippen LogP contribution in [0.1, 0.15) is 193 Å². The summed E-state index contributed by atoms with van der Waals surface area (Å²) in [7, 11) is 0. The van der Waals surface area contributed by atoms with Crippen LogP contribution in [0.25, 0.3) is 0 Å². The molecule has 4 nitrogen and oxygen atoms in total. The van der Waals surface area contributed by atoms with Crippen LogP contribution in [-0.2, 0) is 4.79 Å². The Bertz CT molecular complexity index is 382. The van der Waals surface area contributed by atoms with E-state index in [-0.39, 0.29) is 18.8 Å². The summed E-state index contributed by atoms with van der Waals surface area (Å²) in [5.74, 6) is -1.93. The monoisotopic (exact) mass is 567 g/mol. The van der Waals surface area contributed by atoms with Crippen LogP contribution in [-0.4, -0.2) is 34.5 Å². The largest absolute Gasteiger partial charge is 0.478 e. The van der Waals surface area contributed by atoms with Gasteiger partial charge in [-0.3, -0.25) is 0 Å². The van der Waals surface area contributed by atoms with E-state index in [1.807, 2.05) is 0 Å². The van der Waals surface area contributed by atoms with E-state index in [4.69, 9.17) is 15.3 Å². The van der Waals surface area contributed by atoms with Crippen LogP contribution in [0, 0.1) is 5.92 Å². The van der Waals surface area contributed by atoms with E-state index in [0.29, 0.717) is 0 Å². The number of aliphatic hydroxyl groups excluding tert-OH is 2. The summed E-state index contributed by atoms with van der Waals surface area (Å²) in [6.45, 7) is 2.40. The van der Waals surface area contributed by atoms with Crippen LogP contribution in [0.15, 0.2) is 12.2 Å². The molecule has 0 heterocycles. The highest BCUT2D eigenvalue weighted by molar-refractivity contribution is 5.86. The first-order valence-corrected chi connectivity index (χ1v) is 17.8. The van der Waals surface area contributed by atoms with Gasteiger partial charge in [0.1, 0.15) is 0 Å². The van der Waals surface area contributed by atoms with Gasteiger partial charge >= 0.3 is 5.97 Å². The van der Waals surface area contributed by atoms with Crippen molar-refractivity contribution in [2.75, 3.05) is 13.2 Å². The van der Waals surface area contributed by atoms with Crippen LogP contribution < -0.4 is 0 Å². The molecule has 3 aliphatic rings. The van der Waals surface area contributed by atoms with Crippen LogP contribution in [0.3, 0.4) is 0 Å². The second kappa shape index (κ2) is 32.6. The number of rotatable bonds is 4. The zero-order valence-electron chi connectivity index (χ0n) is 26.7. The summed E-state index contributed by atoms with van der Waals surface area (Å²) >= 11 is 0. The zero-order chi connectivity index (χ0) is 29.4. The van der Waals surface area contributed by atoms with E-state index in [1.54, 1.807) is 0 Å². The third kappa shape index (κ3) is 28.7. The Morgan fingerprint density at radius 2 is 0.525 bits per heavy atom. The molecule has 40 heavy (non-hydrogen) atoms. The van der Waals surface area contributed by atoms with E-state index in [0.717, 1.165) is 0 Å². The third-order valence-corrected chi connectivity index (χ3v) is 8.71. The van der Waals surface area contributed by atoms with Crippen molar-refractivity contribution in [3.05, 3.63) is 12.2 Å². The molecule has 0 saturated heterocycles. The molecule has 0 aromatic heterocycles. The number of aliphatic carboxylic acids is 1. The van der Waals surface area contributed by atoms with Crippen molar-refractivity contribution in [1.29, 1.82) is 0 Å². The number of hydrogen-bond acceptors (Lipinski definition) is 3. The predicted molar refractivity (Wildman–Crippen MR) is 173 cm³/mol. The Morgan fingerprint density at radius 3 is 0.575 bits per heavy atom. The van der Waals surface area contributed by atoms with Crippen molar-refractivity contribution < 1.29 is 20.1 Å². The second-order valence-corrected chi connectivity index (χ2v) is 12.5. The minimum atomic E-state index is -1.19. The molecule has 238 valence electrons. The standard InChI is InChI=1S/3C10H20.C6H10O4/c3*1-2-4-6-8-10-9-7-5-3-1;1-4(6(9)10)5(2-7)3-8/h3*1-10H2;5,7-8H,1-3H2,(H,9,10). The molecular formula is C36H70O4. The quantitative estimate of drug-likeness (QED) is 0.296. The normalized spacial score (nSPS) is 20.5. The molecule has 0 aromatic carbocycles. The van der Waals surface area contributed by atoms with Gasteiger partial charge in [-0.1, -0.05) is 199 Å². The lowest BCUT2D eigenvalue weighted by atomic mass is 10.0. The average molecular weight is 567 g/mol. The number of carbonyl (C=O) groups is 1. The lowest BCUT2D eigenvalue weighted by Crippen LogP contribution is -2.18. The van der Waals surface area contributed by atoms with Crippen LogP contribution >= 0.6 is 0 Å². The van der Waals surface area contributed by atoms with Gasteiger partial charge in [-0.25, -0.2) is 4.79 Å². The molecule has 0 aromatic rings. The fourth-order valence-corrected chi connectivity index (χ4v) is 5.76. The van der Waals surface area contributed by atoms with Crippen LogP contribution in [0.5, 0.6) is 0 Å². The van der Waals surface area contributed by atoms with Crippen LogP contribution in [0.4, 0.5) is 0 Å². The molecule has 3 fully saturated rings. The van der Waals surface area contributed by atoms with Gasteiger partial charge in [0.2, 0.25) is 0 Å². The third-order valence-electron chi connectivity index (χ3n) is 8.71. The molecule has 0 amide bonds. The van der Waals surface area contributed by atoms with Gasteiger partial charge in [0.05, 0.1) is 13.2 Å². The number of aliphatic hydroxyl groups is 2. The van der Waals surface area contributed by atoms with E-state index in [1.165, 1.54) is 193 Å². The predicted octanol–water partition coefficient (Wildman–Crippen LogP) is 10.9. The van der Waals surface area contributed by atoms with Crippen molar-refractivity contribution in [2.24, 2.45) is 5.92 Å². The highest BCUT2D eigenvalue weighted by atomic mass is 16.4. The van der Waals surface area contributed by atoms with E-state index < -0.39 is 11.9 Å². The SMILES string of the molecule is C1CCCCCCCCC1.C1CCCCCCCCC1.C1CCCCCCCCC1.C=C(C(=O)O)C(CO)CO. The summed E-state index contributed by atoms with van der Waals surface area (Å²) in [6.07, 6.45) is 45.0. The number of carboxylic acids is 1. The van der Waals surface area contributed by atoms with Gasteiger partial charge in [-0.15, -0.1) is 0 Å². The lowest BCUT2D eigenvalue weighted by molar-refractivity contribution is -0.133. The fourth-order valence-electron chi connectivity index (χ4n) is 5.76. The fraction of sp³-hybridized carbons (Fsp3) is 0.917. The molecule has 4 heteroatoms. The maximum atomic E-state index is 10.1. The summed E-state index contributed by atoms with van der Waals surface area (Å²) in [4.78, 5) is 10.1. The molecule has 0 spiro atoms. The number of carboxylic acid groups (broad SMARTS) is 1. The molecule has 3 aliphatic carbocycles. The Hall–Kier alpha value is -0.870. The Kier molecular flexibility index (Phi) is 31.9. The molecule has 0 unspecified atom stereocenters. The summed E-state index contributed by atoms with van der Waals surface area (Å²) in [5, 5.41) is 25.2. The number of hydrogen-bond donors (Lipinski definition) is 3. The van der Waals surface area contributed by atoms with Crippen molar-refractivity contribution >= 4 is 5.97 Å². The van der Waals surface area contributed by atoms with Crippen molar-refractivity contribution in [3.63, 3.8) is 0 Å². The lowest BCUT2D eigenvalue weighted by Gasteiger charge is -2.08. The summed E-state index contributed by atoms with van der Waals surface area (Å²) in [6, 6.07) is 0. The molecule has 3 saturated carbocycles. The molecule has 0 aliphatic heterocycles. The highest BCUT2D eigenvalue weighted by Crippen LogP contribution is 2.17. The van der Waals surface area contributed by atoms with Crippen molar-refractivity contribution in [2.45, 2.75) is 193 Å². The topological polar surface area (TPSA) is 77.8 Å². The van der Waals surface area contributed by atoms with Crippen LogP contribution in [0.2, 0.25) is 0 Å². The highest BCUT2D eigenvalue weighted by Gasteiger charge is 2.15. The van der Waals surface area contributed by atoms with Gasteiger partial charge in [0, 0.05) is 11.5 Å². The smallest absolute Gasteiger partial charge is 0.331 e. The average Bonchev–Trinajstić information content (AvgIpc) is 2.99. The van der Waals surface area contributed by atoms with E-state index in [9.17, 15) is 4.79 Å². The van der Waals surface area contributed by atoms with Gasteiger partial charge < -0.3 is 15.3 Å². The summed E-state index contributed by atoms with van der Waals surface area (Å²) in [5.41, 5.74) is -0.162. The maximum Gasteiger partial charge on any atom is 0.331 e. The molecular weight excluding hydrogens is 496 g/mol. The minimum Gasteiger partial charge on any atom is -0.478 e. The second-order valence-electron chi connectivity index (χ2n) is 12.5. The first-order valence-electron chi connectivity index (χ1n) is 17.8. The molecule has 3 rings (SSSR count). The maximum absolute atomic E-state index is 10.1. The van der Waals surface area contributed by atoms with Crippen molar-refractivity contribution in [1.82, 2.24) is 0 Å². The first kappa shape index (κ1) is 39.1. The molecule has 0 bridgehead atoms. The zero-order valence-corrected chi connectivity index (χ0v) is 26.7. The minimum absolute atomic E-state index is 0.162. The Balaban J connectivity index is 0.000000507. The summed E-state index contributed by atoms with van der Waals surface area (Å²) < 4.78 is 0. The molecule has 3 N–H and O–H groups in total.